The van der Waals surface area contributed by atoms with Crippen molar-refractivity contribution in [3.05, 3.63) is 96.4 Å². The van der Waals surface area contributed by atoms with Crippen molar-refractivity contribution >= 4 is 34.6 Å². The van der Waals surface area contributed by atoms with Crippen LogP contribution in [-0.2, 0) is 0 Å². The summed E-state index contributed by atoms with van der Waals surface area (Å²) < 4.78 is 0. The fourth-order valence-electron chi connectivity index (χ4n) is 5.61. The summed E-state index contributed by atoms with van der Waals surface area (Å²) >= 11 is 7.47. The van der Waals surface area contributed by atoms with Crippen LogP contribution < -0.4 is 9.80 Å². The fraction of sp³-hybridized carbons (Fsp3) is 0.286. The van der Waals surface area contributed by atoms with Crippen LogP contribution in [0.2, 0.25) is 0 Å². The molecule has 1 aliphatic heterocycles. The molecule has 0 fully saturated rings. The van der Waals surface area contributed by atoms with Crippen LogP contribution in [0.1, 0.15) is 32.6 Å². The Morgan fingerprint density at radius 3 is 1.94 bits per heavy atom. The molecule has 6 rings (SSSR count). The molecule has 1 spiro atoms. The number of aromatic nitrogens is 2. The Hall–Kier alpha value is -3.11. The maximum Gasteiger partial charge on any atom is 0.178 e. The van der Waals surface area contributed by atoms with Crippen molar-refractivity contribution in [2.45, 2.75) is 44.1 Å². The van der Waals surface area contributed by atoms with E-state index >= 15 is 0 Å². The smallest absolute Gasteiger partial charge is 0.178 e. The van der Waals surface area contributed by atoms with E-state index in [1.165, 1.54) is 24.0 Å². The van der Waals surface area contributed by atoms with Gasteiger partial charge < -0.3 is 0 Å². The van der Waals surface area contributed by atoms with Gasteiger partial charge in [0.1, 0.15) is 6.17 Å². The van der Waals surface area contributed by atoms with Crippen LogP contribution in [0.25, 0.3) is 0 Å². The zero-order chi connectivity index (χ0) is 22.4. The molecular formula is C28H27ClN4. The van der Waals surface area contributed by atoms with E-state index < -0.39 is 0 Å². The van der Waals surface area contributed by atoms with Gasteiger partial charge in [0.05, 0.1) is 5.38 Å². The molecule has 2 aromatic carbocycles. The van der Waals surface area contributed by atoms with Crippen LogP contribution in [0, 0.1) is 5.41 Å². The second-order valence-corrected chi connectivity index (χ2v) is 9.77. The number of halogens is 1. The molecule has 3 aliphatic rings. The van der Waals surface area contributed by atoms with Crippen molar-refractivity contribution in [2.24, 2.45) is 5.41 Å². The number of benzene rings is 2. The van der Waals surface area contributed by atoms with Crippen molar-refractivity contribution in [1.82, 2.24) is 9.97 Å². The quantitative estimate of drug-likeness (QED) is 0.309. The van der Waals surface area contributed by atoms with Crippen molar-refractivity contribution in [3.8, 4) is 0 Å². The van der Waals surface area contributed by atoms with Crippen LogP contribution >= 0.6 is 11.6 Å². The van der Waals surface area contributed by atoms with Gasteiger partial charge in [-0.25, -0.2) is 9.97 Å². The maximum absolute atomic E-state index is 7.47. The van der Waals surface area contributed by atoms with E-state index in [9.17, 15) is 0 Å². The zero-order valence-electron chi connectivity index (χ0n) is 18.7. The first-order valence-corrected chi connectivity index (χ1v) is 12.1. The minimum Gasteiger partial charge on any atom is -0.300 e. The van der Waals surface area contributed by atoms with Crippen LogP contribution in [0.15, 0.2) is 96.4 Å². The topological polar surface area (TPSA) is 32.3 Å². The van der Waals surface area contributed by atoms with E-state index in [1.807, 2.05) is 12.1 Å². The number of alkyl halides is 1. The summed E-state index contributed by atoms with van der Waals surface area (Å²) in [7, 11) is 0. The highest BCUT2D eigenvalue weighted by Gasteiger charge is 2.47. The van der Waals surface area contributed by atoms with Gasteiger partial charge in [-0.3, -0.25) is 9.80 Å². The Morgan fingerprint density at radius 1 is 0.879 bits per heavy atom. The van der Waals surface area contributed by atoms with E-state index in [-0.39, 0.29) is 11.5 Å². The number of hydrogen-bond donors (Lipinski definition) is 0. The average molecular weight is 455 g/mol. The molecule has 3 aromatic rings. The Kier molecular flexibility index (Phi) is 4.99. The van der Waals surface area contributed by atoms with Crippen molar-refractivity contribution in [1.29, 1.82) is 0 Å². The predicted molar refractivity (Wildman–Crippen MR) is 135 cm³/mol. The first-order chi connectivity index (χ1) is 16.2. The van der Waals surface area contributed by atoms with Crippen LogP contribution in [0.5, 0.6) is 0 Å². The number of fused-ring (bicyclic) bond motifs is 1. The molecule has 2 heterocycles. The SMILES string of the molecule is CC1=CCC12CCC=C(C(Cl)C1N(c3ccccc3)c3nccnc3N1c1ccccc1)C2. The first-order valence-electron chi connectivity index (χ1n) is 11.7. The standard InChI is InChI=1S/C28H27ClN4/c1-20-14-16-28(20)15-8-9-21(19-28)24(29)27-32(22-10-4-2-5-11-22)25-26(31-18-17-30-25)33(27)23-12-6-3-7-13-23/h2-7,9-14,17-18,24,27H,8,15-16,19H2,1H3. The molecule has 5 heteroatoms. The summed E-state index contributed by atoms with van der Waals surface area (Å²) in [5.41, 5.74) is 5.29. The molecular weight excluding hydrogens is 428 g/mol. The van der Waals surface area contributed by atoms with Gasteiger partial charge in [-0.15, -0.1) is 11.6 Å². The Morgan fingerprint density at radius 2 is 1.45 bits per heavy atom. The van der Waals surface area contributed by atoms with Gasteiger partial charge in [0.2, 0.25) is 0 Å². The zero-order valence-corrected chi connectivity index (χ0v) is 19.5. The second kappa shape index (κ2) is 8.03. The largest absolute Gasteiger partial charge is 0.300 e. The molecule has 0 radical (unpaired) electrons. The Labute approximate surface area is 200 Å². The third kappa shape index (κ3) is 3.27. The maximum atomic E-state index is 7.47. The summed E-state index contributed by atoms with van der Waals surface area (Å²) in [6.07, 6.45) is 12.6. The first kappa shape index (κ1) is 20.5. The molecule has 0 N–H and O–H groups in total. The lowest BCUT2D eigenvalue weighted by atomic mass is 9.61. The van der Waals surface area contributed by atoms with Gasteiger partial charge in [-0.1, -0.05) is 59.7 Å². The van der Waals surface area contributed by atoms with E-state index in [4.69, 9.17) is 21.6 Å². The monoisotopic (exact) mass is 454 g/mol. The van der Waals surface area contributed by atoms with Gasteiger partial charge in [-0.05, 0) is 62.3 Å². The van der Waals surface area contributed by atoms with E-state index in [0.717, 1.165) is 35.9 Å². The molecule has 0 bridgehead atoms. The molecule has 2 atom stereocenters. The number of para-hydroxylation sites is 2. The second-order valence-electron chi connectivity index (χ2n) is 9.30. The van der Waals surface area contributed by atoms with Crippen molar-refractivity contribution < 1.29 is 0 Å². The molecule has 0 amide bonds. The summed E-state index contributed by atoms with van der Waals surface area (Å²) in [6.45, 7) is 2.28. The highest BCUT2D eigenvalue weighted by Crippen LogP contribution is 2.54. The van der Waals surface area contributed by atoms with Crippen LogP contribution in [0.3, 0.4) is 0 Å². The summed E-state index contributed by atoms with van der Waals surface area (Å²) in [6, 6.07) is 20.8. The number of anilines is 4. The van der Waals surface area contributed by atoms with Gasteiger partial charge in [-0.2, -0.15) is 0 Å². The van der Waals surface area contributed by atoms with E-state index in [0.29, 0.717) is 5.41 Å². The molecule has 4 nitrogen and oxygen atoms in total. The number of rotatable bonds is 4. The lowest BCUT2D eigenvalue weighted by Crippen LogP contribution is -2.47. The van der Waals surface area contributed by atoms with Crippen molar-refractivity contribution in [3.63, 3.8) is 0 Å². The van der Waals surface area contributed by atoms with Crippen LogP contribution in [-0.4, -0.2) is 21.5 Å². The van der Waals surface area contributed by atoms with E-state index in [1.54, 1.807) is 12.4 Å². The Balaban J connectivity index is 1.48. The minimum atomic E-state index is -0.216. The third-order valence-corrected chi connectivity index (χ3v) is 8.04. The molecule has 0 saturated carbocycles. The van der Waals surface area contributed by atoms with Gasteiger partial charge in [0.15, 0.2) is 11.6 Å². The molecule has 2 unspecified atom stereocenters. The lowest BCUT2D eigenvalue weighted by molar-refractivity contribution is 0.273. The summed E-state index contributed by atoms with van der Waals surface area (Å²) in [4.78, 5) is 14.1. The fourth-order valence-corrected chi connectivity index (χ4v) is 6.00. The van der Waals surface area contributed by atoms with Crippen molar-refractivity contribution in [2.75, 3.05) is 9.80 Å². The van der Waals surface area contributed by atoms with Gasteiger partial charge in [0, 0.05) is 23.8 Å². The highest BCUT2D eigenvalue weighted by atomic mass is 35.5. The molecule has 2 aliphatic carbocycles. The molecule has 166 valence electrons. The molecule has 0 saturated heterocycles. The van der Waals surface area contributed by atoms with E-state index in [2.05, 4.69) is 77.4 Å². The highest BCUT2D eigenvalue weighted by molar-refractivity contribution is 6.23. The minimum absolute atomic E-state index is 0.167. The van der Waals surface area contributed by atoms with Gasteiger partial charge >= 0.3 is 0 Å². The Bertz CT molecular complexity index is 1160. The number of allylic oxidation sites excluding steroid dienone is 3. The normalized spacial score (nSPS) is 23.1. The summed E-state index contributed by atoms with van der Waals surface area (Å²) in [5.74, 6) is 1.68. The molecule has 1 aromatic heterocycles. The van der Waals surface area contributed by atoms with Crippen LogP contribution in [0.4, 0.5) is 23.0 Å². The predicted octanol–water partition coefficient (Wildman–Crippen LogP) is 7.15. The number of hydrogen-bond acceptors (Lipinski definition) is 4. The van der Waals surface area contributed by atoms with Gasteiger partial charge in [0.25, 0.3) is 0 Å². The number of nitrogens with zero attached hydrogens (tertiary/aromatic N) is 4. The summed E-state index contributed by atoms with van der Waals surface area (Å²) in [5, 5.41) is -0.216. The average Bonchev–Trinajstić information content (AvgIpc) is 3.23. The third-order valence-electron chi connectivity index (χ3n) is 7.54. The molecule has 33 heavy (non-hydrogen) atoms. The lowest BCUT2D eigenvalue weighted by Gasteiger charge is -2.46.